The molecule has 1 aliphatic carbocycles. The van der Waals surface area contributed by atoms with Crippen LogP contribution in [0, 0.1) is 0 Å². The molecule has 0 spiro atoms. The molecule has 1 atom stereocenters. The van der Waals surface area contributed by atoms with E-state index in [9.17, 15) is 0 Å². The summed E-state index contributed by atoms with van der Waals surface area (Å²) in [6.07, 6.45) is 9.63. The van der Waals surface area contributed by atoms with Crippen LogP contribution in [-0.2, 0) is 6.42 Å². The van der Waals surface area contributed by atoms with Crippen LogP contribution < -0.4 is 5.32 Å². The highest BCUT2D eigenvalue weighted by Gasteiger charge is 2.06. The largest absolute Gasteiger partial charge is 0.310 e. The molecule has 1 aromatic rings. The van der Waals surface area contributed by atoms with Crippen molar-refractivity contribution in [2.24, 2.45) is 0 Å². The summed E-state index contributed by atoms with van der Waals surface area (Å²) in [7, 11) is 0. The molecule has 0 aromatic heterocycles. The van der Waals surface area contributed by atoms with E-state index in [1.807, 2.05) is 0 Å². The average Bonchev–Trinajstić information content (AvgIpc) is 2.32. The van der Waals surface area contributed by atoms with E-state index in [4.69, 9.17) is 0 Å². The number of nitrogens with one attached hydrogen (secondary N) is 1. The Morgan fingerprint density at radius 2 is 2.07 bits per heavy atom. The van der Waals surface area contributed by atoms with Gasteiger partial charge in [-0.3, -0.25) is 0 Å². The highest BCUT2D eigenvalue weighted by molar-refractivity contribution is 5.15. The van der Waals surface area contributed by atoms with E-state index in [2.05, 4.69) is 47.8 Å². The van der Waals surface area contributed by atoms with Gasteiger partial charge in [0.25, 0.3) is 0 Å². The van der Waals surface area contributed by atoms with Gasteiger partial charge in [-0.1, -0.05) is 42.5 Å². The second-order valence-corrected chi connectivity index (χ2v) is 4.16. The first-order valence-corrected chi connectivity index (χ1v) is 5.89. The Labute approximate surface area is 92.2 Å². The third-order valence-corrected chi connectivity index (χ3v) is 2.92. The van der Waals surface area contributed by atoms with Gasteiger partial charge in [0.2, 0.25) is 0 Å². The summed E-state index contributed by atoms with van der Waals surface area (Å²) in [5, 5.41) is 3.58. The molecular formula is C14H19N. The first-order chi connectivity index (χ1) is 7.45. The molecule has 0 saturated heterocycles. The lowest BCUT2D eigenvalue weighted by molar-refractivity contribution is 0.525. The van der Waals surface area contributed by atoms with Crippen molar-refractivity contribution in [3.05, 3.63) is 48.0 Å². The molecule has 1 N–H and O–H groups in total. The zero-order chi connectivity index (χ0) is 10.3. The van der Waals surface area contributed by atoms with Crippen LogP contribution in [0.4, 0.5) is 0 Å². The zero-order valence-electron chi connectivity index (χ0n) is 9.15. The molecule has 0 saturated carbocycles. The van der Waals surface area contributed by atoms with E-state index < -0.39 is 0 Å². The van der Waals surface area contributed by atoms with Crippen molar-refractivity contribution in [3.63, 3.8) is 0 Å². The molecule has 2 rings (SSSR count). The average molecular weight is 201 g/mol. The van der Waals surface area contributed by atoms with Crippen LogP contribution in [0.3, 0.4) is 0 Å². The minimum absolute atomic E-state index is 0.613. The summed E-state index contributed by atoms with van der Waals surface area (Å²) >= 11 is 0. The summed E-state index contributed by atoms with van der Waals surface area (Å²) in [6.45, 7) is 1.08. The standard InChI is InChI=1S/C14H19N/c1-3-7-13(8-4-1)11-12-15-14-9-5-2-6-10-14/h1,3-5,7-9,14-15H,2,6,10-12H2. The Balaban J connectivity index is 1.70. The number of benzene rings is 1. The maximum atomic E-state index is 3.58. The number of hydrogen-bond donors (Lipinski definition) is 1. The molecule has 1 heteroatoms. The summed E-state index contributed by atoms with van der Waals surface area (Å²) in [5.41, 5.74) is 1.42. The lowest BCUT2D eigenvalue weighted by atomic mass is 10.0. The van der Waals surface area contributed by atoms with Gasteiger partial charge in [0, 0.05) is 6.04 Å². The van der Waals surface area contributed by atoms with Crippen molar-refractivity contribution < 1.29 is 0 Å². The second-order valence-electron chi connectivity index (χ2n) is 4.16. The fourth-order valence-corrected chi connectivity index (χ4v) is 2.03. The maximum absolute atomic E-state index is 3.58. The van der Waals surface area contributed by atoms with Gasteiger partial charge in [-0.2, -0.15) is 0 Å². The van der Waals surface area contributed by atoms with Crippen molar-refractivity contribution in [1.82, 2.24) is 5.32 Å². The van der Waals surface area contributed by atoms with Crippen molar-refractivity contribution in [3.8, 4) is 0 Å². The number of hydrogen-bond acceptors (Lipinski definition) is 1. The summed E-state index contributed by atoms with van der Waals surface area (Å²) in [5.74, 6) is 0. The lowest BCUT2D eigenvalue weighted by Crippen LogP contribution is -2.30. The Bertz CT molecular complexity index is 302. The van der Waals surface area contributed by atoms with Gasteiger partial charge in [-0.15, -0.1) is 0 Å². The van der Waals surface area contributed by atoms with Crippen molar-refractivity contribution in [2.45, 2.75) is 31.7 Å². The number of allylic oxidation sites excluding steroid dienone is 1. The fraction of sp³-hybridized carbons (Fsp3) is 0.429. The normalized spacial score (nSPS) is 20.4. The SMILES string of the molecule is C1=CC(NCCc2ccccc2)CCC1. The fourth-order valence-electron chi connectivity index (χ4n) is 2.03. The van der Waals surface area contributed by atoms with Crippen molar-refractivity contribution >= 4 is 0 Å². The van der Waals surface area contributed by atoms with E-state index >= 15 is 0 Å². The first kappa shape index (κ1) is 10.4. The minimum Gasteiger partial charge on any atom is -0.310 e. The lowest BCUT2D eigenvalue weighted by Gasteiger charge is -2.17. The van der Waals surface area contributed by atoms with Crippen LogP contribution in [0.15, 0.2) is 42.5 Å². The summed E-state index contributed by atoms with van der Waals surface area (Å²) in [4.78, 5) is 0. The highest BCUT2D eigenvalue weighted by Crippen LogP contribution is 2.10. The van der Waals surface area contributed by atoms with Gasteiger partial charge in [-0.25, -0.2) is 0 Å². The smallest absolute Gasteiger partial charge is 0.0250 e. The first-order valence-electron chi connectivity index (χ1n) is 5.89. The van der Waals surface area contributed by atoms with Crippen LogP contribution in [0.1, 0.15) is 24.8 Å². The molecular weight excluding hydrogens is 182 g/mol. The van der Waals surface area contributed by atoms with Crippen LogP contribution in [-0.4, -0.2) is 12.6 Å². The number of rotatable bonds is 4. The summed E-state index contributed by atoms with van der Waals surface area (Å²) < 4.78 is 0. The van der Waals surface area contributed by atoms with Crippen LogP contribution in [0.5, 0.6) is 0 Å². The van der Waals surface area contributed by atoms with Gasteiger partial charge < -0.3 is 5.32 Å². The van der Waals surface area contributed by atoms with Gasteiger partial charge in [0.1, 0.15) is 0 Å². The molecule has 80 valence electrons. The Kier molecular flexibility index (Phi) is 3.98. The van der Waals surface area contributed by atoms with Gasteiger partial charge >= 0.3 is 0 Å². The van der Waals surface area contributed by atoms with E-state index in [1.165, 1.54) is 24.8 Å². The van der Waals surface area contributed by atoms with Crippen molar-refractivity contribution in [2.75, 3.05) is 6.54 Å². The minimum atomic E-state index is 0.613. The molecule has 0 fully saturated rings. The van der Waals surface area contributed by atoms with Crippen LogP contribution in [0.2, 0.25) is 0 Å². The second kappa shape index (κ2) is 5.72. The molecule has 1 aliphatic rings. The molecule has 0 radical (unpaired) electrons. The Hall–Kier alpha value is -1.08. The monoisotopic (exact) mass is 201 g/mol. The molecule has 0 amide bonds. The van der Waals surface area contributed by atoms with Crippen molar-refractivity contribution in [1.29, 1.82) is 0 Å². The quantitative estimate of drug-likeness (QED) is 0.739. The van der Waals surface area contributed by atoms with Gasteiger partial charge in [0.05, 0.1) is 0 Å². The third-order valence-electron chi connectivity index (χ3n) is 2.92. The topological polar surface area (TPSA) is 12.0 Å². The third kappa shape index (κ3) is 3.52. The zero-order valence-corrected chi connectivity index (χ0v) is 9.15. The molecule has 1 nitrogen and oxygen atoms in total. The molecule has 1 aromatic carbocycles. The summed E-state index contributed by atoms with van der Waals surface area (Å²) in [6, 6.07) is 11.3. The van der Waals surface area contributed by atoms with E-state index in [-0.39, 0.29) is 0 Å². The van der Waals surface area contributed by atoms with E-state index in [0.29, 0.717) is 6.04 Å². The molecule has 1 unspecified atom stereocenters. The highest BCUT2D eigenvalue weighted by atomic mass is 14.9. The molecule has 0 aliphatic heterocycles. The van der Waals surface area contributed by atoms with Crippen LogP contribution >= 0.6 is 0 Å². The predicted octanol–water partition coefficient (Wildman–Crippen LogP) is 2.93. The molecule has 15 heavy (non-hydrogen) atoms. The van der Waals surface area contributed by atoms with Gasteiger partial charge in [-0.05, 0) is 37.8 Å². The van der Waals surface area contributed by atoms with E-state index in [1.54, 1.807) is 0 Å². The molecule has 0 heterocycles. The Morgan fingerprint density at radius 1 is 1.20 bits per heavy atom. The molecule has 0 bridgehead atoms. The van der Waals surface area contributed by atoms with E-state index in [0.717, 1.165) is 13.0 Å². The Morgan fingerprint density at radius 3 is 2.80 bits per heavy atom. The predicted molar refractivity (Wildman–Crippen MR) is 64.9 cm³/mol. The van der Waals surface area contributed by atoms with Crippen LogP contribution in [0.25, 0.3) is 0 Å². The maximum Gasteiger partial charge on any atom is 0.0250 e. The van der Waals surface area contributed by atoms with Gasteiger partial charge in [0.15, 0.2) is 0 Å².